The van der Waals surface area contributed by atoms with Crippen LogP contribution in [0.25, 0.3) is 5.00 Å². The van der Waals surface area contributed by atoms with E-state index in [4.69, 9.17) is 4.43 Å². The van der Waals surface area contributed by atoms with Gasteiger partial charge in [-0.1, -0.05) is 70.4 Å². The van der Waals surface area contributed by atoms with Crippen molar-refractivity contribution < 1.29 is 4.43 Å². The first-order valence-electron chi connectivity index (χ1n) is 11.3. The quantitative estimate of drug-likeness (QED) is 0.231. The average Bonchev–Trinajstić information content (AvgIpc) is 3.41. The average molecular weight is 457 g/mol. The van der Waals surface area contributed by atoms with Crippen molar-refractivity contribution in [1.82, 2.24) is 20.2 Å². The van der Waals surface area contributed by atoms with Crippen molar-refractivity contribution in [1.29, 1.82) is 0 Å². The summed E-state index contributed by atoms with van der Waals surface area (Å²) < 4.78 is 6.76. The minimum absolute atomic E-state index is 0.0938. The van der Waals surface area contributed by atoms with Gasteiger partial charge in [0.2, 0.25) is 5.82 Å². The second-order valence-corrected chi connectivity index (χ2v) is 15.4. The number of tetrazole rings is 1. The van der Waals surface area contributed by atoms with Crippen LogP contribution >= 0.6 is 11.3 Å². The van der Waals surface area contributed by atoms with Gasteiger partial charge in [0.05, 0.1) is 0 Å². The van der Waals surface area contributed by atoms with Crippen molar-refractivity contribution in [2.75, 3.05) is 0 Å². The molecule has 0 amide bonds. The Kier molecular flexibility index (Phi) is 8.19. The van der Waals surface area contributed by atoms with E-state index in [2.05, 4.69) is 79.6 Å². The summed E-state index contributed by atoms with van der Waals surface area (Å²) in [5, 5.41) is 16.5. The lowest BCUT2D eigenvalue weighted by Crippen LogP contribution is -2.42. The topological polar surface area (TPSA) is 52.8 Å². The first-order valence-corrected chi connectivity index (χ1v) is 15.1. The van der Waals surface area contributed by atoms with Crippen molar-refractivity contribution in [3.63, 3.8) is 0 Å². The van der Waals surface area contributed by atoms with Crippen LogP contribution in [-0.4, -0.2) is 28.5 Å². The third-order valence-electron chi connectivity index (χ3n) is 6.19. The van der Waals surface area contributed by atoms with Gasteiger partial charge in [-0.3, -0.25) is 0 Å². The number of benzene rings is 1. The second kappa shape index (κ2) is 10.7. The fourth-order valence-corrected chi connectivity index (χ4v) is 5.17. The van der Waals surface area contributed by atoms with Crippen LogP contribution in [0.4, 0.5) is 0 Å². The highest BCUT2D eigenvalue weighted by Gasteiger charge is 2.40. The molecule has 1 aromatic carbocycles. The van der Waals surface area contributed by atoms with Crippen LogP contribution in [0.5, 0.6) is 0 Å². The Balaban J connectivity index is 1.58. The molecule has 2 aromatic heterocycles. The molecule has 7 heteroatoms. The van der Waals surface area contributed by atoms with Crippen LogP contribution in [0, 0.1) is 0 Å². The zero-order chi connectivity index (χ0) is 22.3. The van der Waals surface area contributed by atoms with Gasteiger partial charge in [-0.15, -0.1) is 26.3 Å². The largest absolute Gasteiger partial charge is 0.407 e. The van der Waals surface area contributed by atoms with E-state index >= 15 is 0 Å². The SMILES string of the molecule is CC(C)(C)[Si](C)(C)OC(CCCCCCc1ccccc1)c1nnn(-c2cccs2)n1. The third kappa shape index (κ3) is 6.82. The Morgan fingerprint density at radius 2 is 1.74 bits per heavy atom. The minimum atomic E-state index is -1.94. The van der Waals surface area contributed by atoms with Crippen LogP contribution in [0.1, 0.15) is 70.4 Å². The van der Waals surface area contributed by atoms with E-state index < -0.39 is 8.32 Å². The Morgan fingerprint density at radius 1 is 1.00 bits per heavy atom. The maximum absolute atomic E-state index is 6.76. The van der Waals surface area contributed by atoms with Crippen molar-refractivity contribution >= 4 is 19.7 Å². The summed E-state index contributed by atoms with van der Waals surface area (Å²) in [4.78, 5) is 1.63. The third-order valence-corrected chi connectivity index (χ3v) is 11.5. The van der Waals surface area contributed by atoms with Crippen LogP contribution in [-0.2, 0) is 10.8 Å². The Hall–Kier alpha value is -1.83. The Labute approximate surface area is 192 Å². The Bertz CT molecular complexity index is 903. The lowest BCUT2D eigenvalue weighted by Gasteiger charge is -2.38. The zero-order valence-corrected chi connectivity index (χ0v) is 21.4. The van der Waals surface area contributed by atoms with E-state index in [1.807, 2.05) is 17.5 Å². The van der Waals surface area contributed by atoms with Gasteiger partial charge in [0, 0.05) is 0 Å². The fraction of sp³-hybridized carbons (Fsp3) is 0.542. The van der Waals surface area contributed by atoms with Gasteiger partial charge >= 0.3 is 0 Å². The van der Waals surface area contributed by atoms with Crippen LogP contribution < -0.4 is 0 Å². The molecule has 2 heterocycles. The molecule has 3 aromatic rings. The summed E-state index contributed by atoms with van der Waals surface area (Å²) in [5.74, 6) is 0.711. The molecule has 0 bridgehead atoms. The van der Waals surface area contributed by atoms with E-state index in [0.717, 1.165) is 24.3 Å². The molecule has 168 valence electrons. The number of unbranched alkanes of at least 4 members (excludes halogenated alkanes) is 3. The molecule has 0 aliphatic heterocycles. The van der Waals surface area contributed by atoms with E-state index in [9.17, 15) is 0 Å². The number of thiophene rings is 1. The lowest BCUT2D eigenvalue weighted by molar-refractivity contribution is 0.160. The molecule has 0 saturated carbocycles. The predicted molar refractivity (Wildman–Crippen MR) is 131 cm³/mol. The highest BCUT2D eigenvalue weighted by molar-refractivity contribution is 7.12. The molecule has 0 aliphatic rings. The monoisotopic (exact) mass is 456 g/mol. The smallest absolute Gasteiger partial charge is 0.202 e. The molecule has 0 saturated heterocycles. The van der Waals surface area contributed by atoms with Crippen LogP contribution in [0.2, 0.25) is 18.1 Å². The van der Waals surface area contributed by atoms with Crippen molar-refractivity contribution in [2.24, 2.45) is 0 Å². The molecule has 0 spiro atoms. The highest BCUT2D eigenvalue weighted by atomic mass is 32.1. The molecule has 5 nitrogen and oxygen atoms in total. The number of rotatable bonds is 11. The molecule has 31 heavy (non-hydrogen) atoms. The normalized spacial score (nSPS) is 13.5. The lowest BCUT2D eigenvalue weighted by atomic mass is 10.0. The molecule has 0 radical (unpaired) electrons. The summed E-state index contributed by atoms with van der Waals surface area (Å²) in [6, 6.07) is 14.8. The van der Waals surface area contributed by atoms with Gasteiger partial charge in [-0.2, -0.15) is 0 Å². The van der Waals surface area contributed by atoms with Crippen molar-refractivity contribution in [2.45, 2.75) is 83.5 Å². The van der Waals surface area contributed by atoms with E-state index in [-0.39, 0.29) is 11.1 Å². The summed E-state index contributed by atoms with van der Waals surface area (Å²) >= 11 is 1.61. The minimum Gasteiger partial charge on any atom is -0.407 e. The standard InChI is InChI=1S/C24H36N4OSSi/c1-24(2,3)31(4,5)29-21(23-25-27-28(26-23)22-18-13-19-30-22)17-12-7-6-9-14-20-15-10-8-11-16-20/h8,10-11,13,15-16,18-19,21H,6-7,9,12,14,17H2,1-5H3. The number of hydrogen-bond donors (Lipinski definition) is 0. The zero-order valence-electron chi connectivity index (χ0n) is 19.5. The summed E-state index contributed by atoms with van der Waals surface area (Å²) in [5.41, 5.74) is 1.43. The van der Waals surface area contributed by atoms with Gasteiger partial charge in [0.15, 0.2) is 8.32 Å². The van der Waals surface area contributed by atoms with Crippen LogP contribution in [0.15, 0.2) is 47.8 Å². The number of hydrogen-bond acceptors (Lipinski definition) is 5. The molecule has 0 N–H and O–H groups in total. The van der Waals surface area contributed by atoms with E-state index in [0.29, 0.717) is 5.82 Å². The Morgan fingerprint density at radius 3 is 2.42 bits per heavy atom. The maximum Gasteiger partial charge on any atom is 0.202 e. The number of aromatic nitrogens is 4. The highest BCUT2D eigenvalue weighted by Crippen LogP contribution is 2.40. The second-order valence-electron chi connectivity index (χ2n) is 9.69. The fourth-order valence-electron chi connectivity index (χ4n) is 3.26. The van der Waals surface area contributed by atoms with Gasteiger partial charge < -0.3 is 4.43 Å². The van der Waals surface area contributed by atoms with E-state index in [1.165, 1.54) is 24.8 Å². The number of aryl methyl sites for hydroxylation is 1. The molecule has 3 rings (SSSR count). The van der Waals surface area contributed by atoms with Gasteiger partial charge in [0.25, 0.3) is 0 Å². The molecule has 0 aliphatic carbocycles. The molecule has 0 fully saturated rings. The van der Waals surface area contributed by atoms with E-state index in [1.54, 1.807) is 16.1 Å². The summed E-state index contributed by atoms with van der Waals surface area (Å²) in [7, 11) is -1.94. The predicted octanol–water partition coefficient (Wildman–Crippen LogP) is 6.98. The van der Waals surface area contributed by atoms with Gasteiger partial charge in [0.1, 0.15) is 11.1 Å². The van der Waals surface area contributed by atoms with Crippen molar-refractivity contribution in [3.8, 4) is 5.00 Å². The molecule has 1 atom stereocenters. The van der Waals surface area contributed by atoms with Crippen molar-refractivity contribution in [3.05, 3.63) is 59.2 Å². The maximum atomic E-state index is 6.76. The summed E-state index contributed by atoms with van der Waals surface area (Å²) in [6.45, 7) is 11.4. The van der Waals surface area contributed by atoms with Gasteiger partial charge in [-0.05, 0) is 65.7 Å². The first kappa shape index (κ1) is 23.8. The molecular weight excluding hydrogens is 420 g/mol. The van der Waals surface area contributed by atoms with Crippen LogP contribution in [0.3, 0.4) is 0 Å². The van der Waals surface area contributed by atoms with Gasteiger partial charge in [-0.25, -0.2) is 0 Å². The summed E-state index contributed by atoms with van der Waals surface area (Å²) in [6.07, 6.45) is 6.77. The number of nitrogens with zero attached hydrogens (tertiary/aromatic N) is 4. The molecule has 1 unspecified atom stereocenters. The molecular formula is C24H36N4OSSi. The first-order chi connectivity index (χ1) is 14.8.